The Hall–Kier alpha value is -1.23. The number of rotatable bonds is 5. The Kier molecular flexibility index (Phi) is 3.76. The topological polar surface area (TPSA) is 77.0 Å². The molecular weight excluding hydrogens is 182 g/mol. The van der Waals surface area contributed by atoms with Crippen LogP contribution in [0.2, 0.25) is 0 Å². The van der Waals surface area contributed by atoms with Crippen molar-refractivity contribution >= 4 is 5.97 Å². The number of hydrogen-bond acceptors (Lipinski definition) is 5. The highest BCUT2D eigenvalue weighted by Crippen LogP contribution is 2.14. The summed E-state index contributed by atoms with van der Waals surface area (Å²) >= 11 is 0. The highest BCUT2D eigenvalue weighted by molar-refractivity contribution is 5.83. The van der Waals surface area contributed by atoms with Crippen LogP contribution in [0.3, 0.4) is 0 Å². The third kappa shape index (κ3) is 2.63. The molecule has 78 valence electrons. The van der Waals surface area contributed by atoms with Crippen molar-refractivity contribution in [2.24, 2.45) is 16.0 Å². The van der Waals surface area contributed by atoms with Crippen molar-refractivity contribution in [3.05, 3.63) is 12.3 Å². The first-order valence-electron chi connectivity index (χ1n) is 4.75. The molecule has 1 heterocycles. The van der Waals surface area contributed by atoms with Crippen LogP contribution in [-0.4, -0.2) is 18.2 Å². The normalized spacial score (nSPS) is 24.1. The summed E-state index contributed by atoms with van der Waals surface area (Å²) in [5, 5.41) is 7.10. The van der Waals surface area contributed by atoms with E-state index in [0.717, 1.165) is 19.3 Å². The van der Waals surface area contributed by atoms with Crippen LogP contribution in [0.25, 0.3) is 0 Å². The lowest BCUT2D eigenvalue weighted by atomic mass is 10.2. The molecule has 1 aliphatic rings. The van der Waals surface area contributed by atoms with Gasteiger partial charge >= 0.3 is 5.97 Å². The molecule has 0 saturated carbocycles. The molecule has 1 rings (SSSR count). The van der Waals surface area contributed by atoms with E-state index in [9.17, 15) is 4.79 Å². The number of esters is 1. The van der Waals surface area contributed by atoms with Crippen molar-refractivity contribution in [1.82, 2.24) is 0 Å². The Balaban J connectivity index is 2.28. The van der Waals surface area contributed by atoms with Crippen molar-refractivity contribution in [2.75, 3.05) is 6.61 Å². The number of nitrogens with zero attached hydrogens (tertiary/aromatic N) is 2. The number of hydrogen-bond donors (Lipinski definition) is 1. The van der Waals surface area contributed by atoms with Gasteiger partial charge in [-0.1, -0.05) is 19.8 Å². The van der Waals surface area contributed by atoms with E-state index in [2.05, 4.69) is 17.2 Å². The van der Waals surface area contributed by atoms with Gasteiger partial charge in [0.2, 0.25) is 5.66 Å². The second-order valence-electron chi connectivity index (χ2n) is 3.20. The second kappa shape index (κ2) is 4.85. The Labute approximate surface area is 83.0 Å². The average molecular weight is 197 g/mol. The fourth-order valence-corrected chi connectivity index (χ4v) is 1.05. The summed E-state index contributed by atoms with van der Waals surface area (Å²) in [4.78, 5) is 11.4. The van der Waals surface area contributed by atoms with Crippen molar-refractivity contribution in [2.45, 2.75) is 31.8 Å². The van der Waals surface area contributed by atoms with Gasteiger partial charge in [0.1, 0.15) is 0 Å². The number of nitrogens with two attached hydrogens (primary N) is 1. The Bertz CT molecular complexity index is 249. The molecule has 0 spiro atoms. The summed E-state index contributed by atoms with van der Waals surface area (Å²) < 4.78 is 4.96. The lowest BCUT2D eigenvalue weighted by Crippen LogP contribution is -2.44. The van der Waals surface area contributed by atoms with Gasteiger partial charge in [-0.15, -0.1) is 5.11 Å². The van der Waals surface area contributed by atoms with Gasteiger partial charge in [0.05, 0.1) is 6.61 Å². The van der Waals surface area contributed by atoms with E-state index in [0.29, 0.717) is 6.61 Å². The quantitative estimate of drug-likeness (QED) is 0.534. The lowest BCUT2D eigenvalue weighted by Gasteiger charge is -2.14. The molecule has 0 aromatic rings. The number of carbonyl (C=O) groups excluding carboxylic acids is 1. The zero-order chi connectivity index (χ0) is 10.4. The predicted molar refractivity (Wildman–Crippen MR) is 51.4 cm³/mol. The highest BCUT2D eigenvalue weighted by Gasteiger charge is 2.35. The van der Waals surface area contributed by atoms with E-state index in [4.69, 9.17) is 10.5 Å². The average Bonchev–Trinajstić information content (AvgIpc) is 2.61. The number of ether oxygens (including phenoxy) is 1. The van der Waals surface area contributed by atoms with Gasteiger partial charge in [-0.25, -0.2) is 4.79 Å². The Morgan fingerprint density at radius 3 is 2.93 bits per heavy atom. The standard InChI is InChI=1S/C9H15N3O2/c1-2-3-4-7-14-8(13)9(10)5-6-11-12-9/h5-6H,2-4,7,10H2,1H3. The molecule has 0 saturated heterocycles. The minimum Gasteiger partial charge on any atom is -0.463 e. The van der Waals surface area contributed by atoms with Crippen molar-refractivity contribution in [3.63, 3.8) is 0 Å². The maximum Gasteiger partial charge on any atom is 0.355 e. The molecule has 14 heavy (non-hydrogen) atoms. The van der Waals surface area contributed by atoms with Gasteiger partial charge < -0.3 is 4.74 Å². The van der Waals surface area contributed by atoms with E-state index < -0.39 is 11.6 Å². The first-order valence-corrected chi connectivity index (χ1v) is 4.75. The van der Waals surface area contributed by atoms with E-state index in [1.54, 1.807) is 0 Å². The summed E-state index contributed by atoms with van der Waals surface area (Å²) in [6.07, 6.45) is 5.81. The van der Waals surface area contributed by atoms with Gasteiger partial charge in [-0.2, -0.15) is 5.11 Å². The third-order valence-electron chi connectivity index (χ3n) is 1.93. The van der Waals surface area contributed by atoms with Crippen molar-refractivity contribution in [3.8, 4) is 0 Å². The van der Waals surface area contributed by atoms with Gasteiger partial charge in [0, 0.05) is 6.20 Å². The predicted octanol–water partition coefficient (Wildman–Crippen LogP) is 1.35. The molecular formula is C9H15N3O2. The summed E-state index contributed by atoms with van der Waals surface area (Å²) in [6, 6.07) is 0. The largest absolute Gasteiger partial charge is 0.463 e. The molecule has 5 heteroatoms. The molecule has 2 N–H and O–H groups in total. The number of azo groups is 1. The molecule has 1 atom stereocenters. The maximum atomic E-state index is 11.4. The molecule has 0 aromatic carbocycles. The van der Waals surface area contributed by atoms with Crippen LogP contribution in [0.15, 0.2) is 22.5 Å². The van der Waals surface area contributed by atoms with Gasteiger partial charge in [-0.3, -0.25) is 5.73 Å². The van der Waals surface area contributed by atoms with Crippen molar-refractivity contribution < 1.29 is 9.53 Å². The molecule has 0 amide bonds. The summed E-state index contributed by atoms with van der Waals surface area (Å²) in [7, 11) is 0. The summed E-state index contributed by atoms with van der Waals surface area (Å²) in [5.41, 5.74) is 4.21. The molecule has 0 fully saturated rings. The molecule has 1 unspecified atom stereocenters. The minimum atomic E-state index is -1.38. The van der Waals surface area contributed by atoms with Gasteiger partial charge in [-0.05, 0) is 12.5 Å². The SMILES string of the molecule is CCCCCOC(=O)C1(N)C=CN=N1. The first kappa shape index (κ1) is 10.8. The minimum absolute atomic E-state index is 0.398. The number of carbonyl (C=O) groups is 1. The van der Waals surface area contributed by atoms with E-state index >= 15 is 0 Å². The van der Waals surface area contributed by atoms with Gasteiger partial charge in [0.15, 0.2) is 0 Å². The smallest absolute Gasteiger partial charge is 0.355 e. The molecule has 0 aliphatic carbocycles. The second-order valence-corrected chi connectivity index (χ2v) is 3.20. The van der Waals surface area contributed by atoms with E-state index in [-0.39, 0.29) is 0 Å². The van der Waals surface area contributed by atoms with Gasteiger partial charge in [0.25, 0.3) is 0 Å². The zero-order valence-electron chi connectivity index (χ0n) is 8.27. The molecule has 0 aromatic heterocycles. The van der Waals surface area contributed by atoms with E-state index in [1.807, 2.05) is 0 Å². The van der Waals surface area contributed by atoms with Crippen LogP contribution in [-0.2, 0) is 9.53 Å². The van der Waals surface area contributed by atoms with Crippen LogP contribution in [0, 0.1) is 0 Å². The van der Waals surface area contributed by atoms with Crippen LogP contribution < -0.4 is 5.73 Å². The molecule has 0 radical (unpaired) electrons. The van der Waals surface area contributed by atoms with Crippen molar-refractivity contribution in [1.29, 1.82) is 0 Å². The molecule has 0 bridgehead atoms. The Morgan fingerprint density at radius 1 is 1.57 bits per heavy atom. The summed E-state index contributed by atoms with van der Waals surface area (Å²) in [6.45, 7) is 2.48. The van der Waals surface area contributed by atoms with Crippen LogP contribution in [0.1, 0.15) is 26.2 Å². The maximum absolute atomic E-state index is 11.4. The lowest BCUT2D eigenvalue weighted by molar-refractivity contribution is -0.148. The molecule has 5 nitrogen and oxygen atoms in total. The fourth-order valence-electron chi connectivity index (χ4n) is 1.05. The highest BCUT2D eigenvalue weighted by atomic mass is 16.5. The van der Waals surface area contributed by atoms with E-state index in [1.165, 1.54) is 12.3 Å². The summed E-state index contributed by atoms with van der Waals surface area (Å²) in [5.74, 6) is -0.536. The first-order chi connectivity index (χ1) is 6.69. The number of unbranched alkanes of at least 4 members (excludes halogenated alkanes) is 2. The monoisotopic (exact) mass is 197 g/mol. The molecule has 1 aliphatic heterocycles. The fraction of sp³-hybridized carbons (Fsp3) is 0.667. The van der Waals surface area contributed by atoms with Crippen LogP contribution in [0.4, 0.5) is 0 Å². The third-order valence-corrected chi connectivity index (χ3v) is 1.93. The zero-order valence-corrected chi connectivity index (χ0v) is 8.27. The van der Waals surface area contributed by atoms with Crippen LogP contribution >= 0.6 is 0 Å². The Morgan fingerprint density at radius 2 is 2.36 bits per heavy atom. The van der Waals surface area contributed by atoms with Crippen LogP contribution in [0.5, 0.6) is 0 Å².